The zero-order valence-corrected chi connectivity index (χ0v) is 26.1. The van der Waals surface area contributed by atoms with Gasteiger partial charge in [-0.2, -0.15) is 0 Å². The highest BCUT2D eigenvalue weighted by Gasteiger charge is 2.31. The first-order valence-electron chi connectivity index (χ1n) is 14.8. The van der Waals surface area contributed by atoms with Gasteiger partial charge in [-0.25, -0.2) is 15.0 Å². The normalized spacial score (nSPS) is 15.6. The number of ketones is 2. The summed E-state index contributed by atoms with van der Waals surface area (Å²) in [5, 5.41) is 0. The highest BCUT2D eigenvalue weighted by Crippen LogP contribution is 2.34. The fourth-order valence-electron chi connectivity index (χ4n) is 5.12. The van der Waals surface area contributed by atoms with Gasteiger partial charge in [-0.15, -0.1) is 0 Å². The average molecular weight is 580 g/mol. The summed E-state index contributed by atoms with van der Waals surface area (Å²) in [6.45, 7) is 12.8. The summed E-state index contributed by atoms with van der Waals surface area (Å²) in [6.07, 6.45) is 1.66. The Balaban J connectivity index is 1.82. The molecule has 5 heteroatoms. The Bertz CT molecular complexity index is 1830. The molecule has 0 amide bonds. The molecule has 0 N–H and O–H groups in total. The van der Waals surface area contributed by atoms with Crippen LogP contribution in [0.4, 0.5) is 11.4 Å². The van der Waals surface area contributed by atoms with E-state index in [0.717, 1.165) is 16.8 Å². The van der Waals surface area contributed by atoms with Crippen molar-refractivity contribution in [2.24, 2.45) is 15.0 Å². The molecule has 0 saturated heterocycles. The van der Waals surface area contributed by atoms with E-state index in [9.17, 15) is 9.59 Å². The van der Waals surface area contributed by atoms with Crippen molar-refractivity contribution in [3.05, 3.63) is 143 Å². The number of benzene rings is 4. The van der Waals surface area contributed by atoms with Gasteiger partial charge < -0.3 is 0 Å². The number of hydrogen-bond acceptors (Lipinski definition) is 5. The molecule has 0 spiro atoms. The van der Waals surface area contributed by atoms with E-state index in [2.05, 4.69) is 47.6 Å². The van der Waals surface area contributed by atoms with Crippen LogP contribution in [0.1, 0.15) is 73.4 Å². The lowest BCUT2D eigenvalue weighted by atomic mass is 9.85. The molecule has 0 saturated carbocycles. The van der Waals surface area contributed by atoms with E-state index < -0.39 is 0 Å². The Hall–Kier alpha value is -5.03. The van der Waals surface area contributed by atoms with Gasteiger partial charge in [0, 0.05) is 11.1 Å². The van der Waals surface area contributed by atoms with Crippen molar-refractivity contribution in [2.45, 2.75) is 52.4 Å². The maximum absolute atomic E-state index is 14.2. The van der Waals surface area contributed by atoms with Crippen LogP contribution in [0.15, 0.2) is 136 Å². The third kappa shape index (κ3) is 6.63. The summed E-state index contributed by atoms with van der Waals surface area (Å²) in [5.74, 6) is -0.629. The number of hydrogen-bond donors (Lipinski definition) is 0. The van der Waals surface area contributed by atoms with Gasteiger partial charge in [0.15, 0.2) is 0 Å². The smallest absolute Gasteiger partial charge is 0.213 e. The number of para-hydroxylation sites is 2. The highest BCUT2D eigenvalue weighted by atomic mass is 16.1. The molecule has 5 rings (SSSR count). The predicted molar refractivity (Wildman–Crippen MR) is 182 cm³/mol. The molecule has 0 aliphatic carbocycles. The second-order valence-corrected chi connectivity index (χ2v) is 12.9. The van der Waals surface area contributed by atoms with E-state index in [0.29, 0.717) is 28.2 Å². The van der Waals surface area contributed by atoms with Gasteiger partial charge in [0.25, 0.3) is 0 Å². The van der Waals surface area contributed by atoms with Crippen molar-refractivity contribution in [1.82, 2.24) is 0 Å². The van der Waals surface area contributed by atoms with Crippen LogP contribution in [0, 0.1) is 0 Å². The standard InChI is InChI=1S/C39H37N3O2/c1-38(2,3)28-21-13-15-23-30(28)40-32-25-33(36(43)26-17-9-7-10-18-26)42-35(37(44)27-19-11-8-12-20-27)34(32)41-31-24-16-14-22-29(31)39(4,5)6/h7-25H,1-6H3. The second-order valence-electron chi connectivity index (χ2n) is 12.9. The minimum absolute atomic E-state index is 0.0775. The number of allylic oxidation sites excluding steroid dienone is 2. The first-order valence-corrected chi connectivity index (χ1v) is 14.8. The molecule has 0 fully saturated rings. The quantitative estimate of drug-likeness (QED) is 0.214. The minimum atomic E-state index is -0.333. The molecule has 0 bridgehead atoms. The monoisotopic (exact) mass is 579 g/mol. The van der Waals surface area contributed by atoms with Gasteiger partial charge in [-0.05, 0) is 40.2 Å². The third-order valence-corrected chi connectivity index (χ3v) is 7.39. The van der Waals surface area contributed by atoms with Crippen LogP contribution < -0.4 is 0 Å². The lowest BCUT2D eigenvalue weighted by molar-refractivity contribution is 0.103. The molecule has 44 heavy (non-hydrogen) atoms. The molecule has 220 valence electrons. The number of rotatable bonds is 6. The third-order valence-electron chi connectivity index (χ3n) is 7.39. The van der Waals surface area contributed by atoms with Gasteiger partial charge in [-0.1, -0.05) is 139 Å². The van der Waals surface area contributed by atoms with E-state index >= 15 is 0 Å². The highest BCUT2D eigenvalue weighted by molar-refractivity contribution is 6.86. The second kappa shape index (κ2) is 12.3. The van der Waals surface area contributed by atoms with Gasteiger partial charge in [-0.3, -0.25) is 9.59 Å². The van der Waals surface area contributed by atoms with Crippen LogP contribution in [-0.2, 0) is 10.8 Å². The summed E-state index contributed by atoms with van der Waals surface area (Å²) in [4.78, 5) is 43.0. The zero-order valence-electron chi connectivity index (χ0n) is 26.1. The van der Waals surface area contributed by atoms with Gasteiger partial charge >= 0.3 is 0 Å². The average Bonchev–Trinajstić information content (AvgIpc) is 3.01. The summed E-state index contributed by atoms with van der Waals surface area (Å²) in [6, 6.07) is 33.7. The van der Waals surface area contributed by atoms with Crippen molar-refractivity contribution in [3.8, 4) is 0 Å². The van der Waals surface area contributed by atoms with Crippen molar-refractivity contribution in [2.75, 3.05) is 0 Å². The molecule has 1 heterocycles. The van der Waals surface area contributed by atoms with E-state index in [1.807, 2.05) is 66.7 Å². The van der Waals surface area contributed by atoms with E-state index in [4.69, 9.17) is 15.0 Å². The number of nitrogens with zero attached hydrogens (tertiary/aromatic N) is 3. The summed E-state index contributed by atoms with van der Waals surface area (Å²) in [5.41, 5.74) is 4.95. The van der Waals surface area contributed by atoms with E-state index in [1.165, 1.54) is 0 Å². The van der Waals surface area contributed by atoms with Crippen molar-refractivity contribution < 1.29 is 9.59 Å². The summed E-state index contributed by atoms with van der Waals surface area (Å²) in [7, 11) is 0. The number of carbonyl (C=O) groups is 2. The van der Waals surface area contributed by atoms with Crippen LogP contribution in [0.2, 0.25) is 0 Å². The maximum atomic E-state index is 14.2. The Labute approximate surface area is 259 Å². The molecular weight excluding hydrogens is 542 g/mol. The predicted octanol–water partition coefficient (Wildman–Crippen LogP) is 9.23. The largest absolute Gasteiger partial charge is 0.287 e. The SMILES string of the molecule is CC(C)(C)c1ccccc1N=C1C=C(C(=O)c2ccccc2)N=C(C(=O)c2ccccc2)C1=Nc1ccccc1C(C)(C)C. The number of Topliss-reactive ketones (excluding diaryl/α,β-unsaturated/α-hetero) is 2. The Morgan fingerprint density at radius 3 is 1.48 bits per heavy atom. The molecule has 4 aromatic rings. The summed E-state index contributed by atoms with van der Waals surface area (Å²) < 4.78 is 0. The van der Waals surface area contributed by atoms with Crippen molar-refractivity contribution in [3.63, 3.8) is 0 Å². The summed E-state index contributed by atoms with van der Waals surface area (Å²) >= 11 is 0. The van der Waals surface area contributed by atoms with Crippen LogP contribution in [-0.4, -0.2) is 28.7 Å². The molecular formula is C39H37N3O2. The van der Waals surface area contributed by atoms with Crippen LogP contribution >= 0.6 is 0 Å². The Morgan fingerprint density at radius 2 is 0.977 bits per heavy atom. The van der Waals surface area contributed by atoms with E-state index in [-0.39, 0.29) is 33.8 Å². The number of aliphatic imine (C=N–C) groups is 3. The fourth-order valence-corrected chi connectivity index (χ4v) is 5.12. The molecule has 0 atom stereocenters. The molecule has 0 radical (unpaired) electrons. The Kier molecular flexibility index (Phi) is 8.50. The molecule has 5 nitrogen and oxygen atoms in total. The van der Waals surface area contributed by atoms with Crippen LogP contribution in [0.3, 0.4) is 0 Å². The van der Waals surface area contributed by atoms with Gasteiger partial charge in [0.1, 0.15) is 17.1 Å². The van der Waals surface area contributed by atoms with Crippen molar-refractivity contribution in [1.29, 1.82) is 0 Å². The topological polar surface area (TPSA) is 71.2 Å². The Morgan fingerprint density at radius 1 is 0.545 bits per heavy atom. The molecule has 4 aromatic carbocycles. The maximum Gasteiger partial charge on any atom is 0.213 e. The van der Waals surface area contributed by atoms with Gasteiger partial charge in [0.05, 0.1) is 17.1 Å². The van der Waals surface area contributed by atoms with Gasteiger partial charge in [0.2, 0.25) is 11.6 Å². The fraction of sp³-hybridized carbons (Fsp3) is 0.205. The number of carbonyl (C=O) groups excluding carboxylic acids is 2. The van der Waals surface area contributed by atoms with Crippen LogP contribution in [0.25, 0.3) is 0 Å². The van der Waals surface area contributed by atoms with E-state index in [1.54, 1.807) is 42.5 Å². The minimum Gasteiger partial charge on any atom is -0.287 e. The molecule has 0 aromatic heterocycles. The zero-order chi connectivity index (χ0) is 31.5. The van der Waals surface area contributed by atoms with Crippen molar-refractivity contribution >= 4 is 40.1 Å². The molecule has 1 aliphatic heterocycles. The lowest BCUT2D eigenvalue weighted by Gasteiger charge is -2.23. The molecule has 0 unspecified atom stereocenters. The lowest BCUT2D eigenvalue weighted by Crippen LogP contribution is -2.34. The molecule has 1 aliphatic rings. The first kappa shape index (κ1) is 30.4. The van der Waals surface area contributed by atoms with Crippen LogP contribution in [0.5, 0.6) is 0 Å². The first-order chi connectivity index (χ1) is 20.9.